The molecule has 1 N–H and O–H groups in total. The monoisotopic (exact) mass is 476 g/mol. The van der Waals surface area contributed by atoms with Crippen LogP contribution in [0.4, 0.5) is 5.69 Å². The van der Waals surface area contributed by atoms with E-state index in [1.807, 2.05) is 54.2 Å². The predicted molar refractivity (Wildman–Crippen MR) is 142 cm³/mol. The van der Waals surface area contributed by atoms with Crippen LogP contribution in [0.2, 0.25) is 0 Å². The lowest BCUT2D eigenvalue weighted by Gasteiger charge is -2.27. The van der Waals surface area contributed by atoms with E-state index in [2.05, 4.69) is 17.5 Å². The molecule has 6 heteroatoms. The van der Waals surface area contributed by atoms with Gasteiger partial charge >= 0.3 is 0 Å². The summed E-state index contributed by atoms with van der Waals surface area (Å²) in [7, 11) is 1.97. The number of carbonyl (C=O) groups excluding carboxylic acids is 2. The van der Waals surface area contributed by atoms with Gasteiger partial charge in [-0.15, -0.1) is 0 Å². The number of imide groups is 1. The van der Waals surface area contributed by atoms with Crippen molar-refractivity contribution in [3.8, 4) is 0 Å². The molecule has 4 aliphatic rings. The Balaban J connectivity index is 1.40. The Labute approximate surface area is 209 Å². The Hall–Kier alpha value is -3.77. The normalized spacial score (nSPS) is 21.0. The van der Waals surface area contributed by atoms with Crippen LogP contribution >= 0.6 is 0 Å². The maximum Gasteiger partial charge on any atom is 0.266 e. The number of hydrogen-bond acceptors (Lipinski definition) is 4. The second-order valence-corrected chi connectivity index (χ2v) is 10.3. The number of aliphatic imine (C=N–C) groups is 1. The number of nitrogens with zero attached hydrogens (tertiary/aromatic N) is 3. The van der Waals surface area contributed by atoms with Crippen molar-refractivity contribution in [2.45, 2.75) is 25.7 Å². The lowest BCUT2D eigenvalue weighted by Crippen LogP contribution is -2.42. The van der Waals surface area contributed by atoms with E-state index < -0.39 is 0 Å². The smallest absolute Gasteiger partial charge is 0.266 e. The van der Waals surface area contributed by atoms with E-state index in [0.717, 1.165) is 64.2 Å². The molecule has 7 rings (SSSR count). The predicted octanol–water partition coefficient (Wildman–Crippen LogP) is 3.02. The van der Waals surface area contributed by atoms with Crippen LogP contribution in [0.15, 0.2) is 59.7 Å². The molecule has 1 aromatic heterocycles. The van der Waals surface area contributed by atoms with E-state index in [0.29, 0.717) is 17.2 Å². The maximum absolute atomic E-state index is 14.1. The molecule has 0 radical (unpaired) electrons. The lowest BCUT2D eigenvalue weighted by molar-refractivity contribution is -0.132. The van der Waals surface area contributed by atoms with Crippen molar-refractivity contribution >= 4 is 51.5 Å². The van der Waals surface area contributed by atoms with Gasteiger partial charge in [-0.05, 0) is 62.0 Å². The van der Waals surface area contributed by atoms with E-state index in [4.69, 9.17) is 4.99 Å². The minimum Gasteiger partial charge on any atom is -0.350 e. The third-order valence-corrected chi connectivity index (χ3v) is 7.89. The molecule has 2 amide bonds. The molecule has 180 valence electrons. The molecule has 36 heavy (non-hydrogen) atoms. The van der Waals surface area contributed by atoms with Crippen LogP contribution in [-0.4, -0.2) is 40.1 Å². The summed E-state index contributed by atoms with van der Waals surface area (Å²) < 4.78 is 2.01. The average molecular weight is 477 g/mol. The summed E-state index contributed by atoms with van der Waals surface area (Å²) in [5.74, 6) is 0.232. The molecule has 3 aromatic rings. The topological polar surface area (TPSA) is 66.7 Å². The zero-order valence-electron chi connectivity index (χ0n) is 20.3. The highest BCUT2D eigenvalue weighted by atomic mass is 16.2. The molecule has 1 aliphatic carbocycles. The zero-order chi connectivity index (χ0) is 24.4. The Morgan fingerprint density at radius 2 is 1.81 bits per heavy atom. The molecule has 0 unspecified atom stereocenters. The average Bonchev–Trinajstić information content (AvgIpc) is 3.44. The second kappa shape index (κ2) is 8.14. The third-order valence-electron chi connectivity index (χ3n) is 7.89. The summed E-state index contributed by atoms with van der Waals surface area (Å²) in [5.41, 5.74) is 4.73. The van der Waals surface area contributed by atoms with Crippen LogP contribution in [0.3, 0.4) is 0 Å². The first-order valence-electron chi connectivity index (χ1n) is 12.9. The second-order valence-electron chi connectivity index (χ2n) is 10.3. The number of aryl methyl sites for hydroxylation is 1. The van der Waals surface area contributed by atoms with Crippen LogP contribution in [0.1, 0.15) is 31.2 Å². The first-order chi connectivity index (χ1) is 17.6. The molecule has 4 heterocycles. The van der Waals surface area contributed by atoms with Crippen LogP contribution in [-0.2, 0) is 16.6 Å². The first kappa shape index (κ1) is 21.5. The molecular formula is C30H28N4O2. The van der Waals surface area contributed by atoms with Gasteiger partial charge in [0, 0.05) is 46.9 Å². The van der Waals surface area contributed by atoms with E-state index in [1.165, 1.54) is 23.8 Å². The van der Waals surface area contributed by atoms with E-state index in [1.54, 1.807) is 0 Å². The summed E-state index contributed by atoms with van der Waals surface area (Å²) in [5, 5.41) is 6.42. The van der Waals surface area contributed by atoms with Crippen molar-refractivity contribution in [2.75, 3.05) is 13.1 Å². The van der Waals surface area contributed by atoms with Crippen LogP contribution in [0.5, 0.6) is 0 Å². The Morgan fingerprint density at radius 1 is 1.00 bits per heavy atom. The molecule has 1 saturated carbocycles. The van der Waals surface area contributed by atoms with E-state index in [9.17, 15) is 9.59 Å². The van der Waals surface area contributed by atoms with Crippen molar-refractivity contribution in [1.82, 2.24) is 14.8 Å². The van der Waals surface area contributed by atoms with Crippen molar-refractivity contribution < 1.29 is 9.59 Å². The van der Waals surface area contributed by atoms with Gasteiger partial charge < -0.3 is 9.88 Å². The zero-order valence-corrected chi connectivity index (χ0v) is 20.3. The molecular weight excluding hydrogens is 448 g/mol. The Bertz CT molecular complexity index is 1630. The van der Waals surface area contributed by atoms with Gasteiger partial charge in [-0.2, -0.15) is 0 Å². The molecule has 1 saturated heterocycles. The Morgan fingerprint density at radius 3 is 2.61 bits per heavy atom. The summed E-state index contributed by atoms with van der Waals surface area (Å²) in [4.78, 5) is 34.2. The minimum absolute atomic E-state index is 0.213. The number of para-hydroxylation sites is 1. The molecule has 2 aromatic carbocycles. The maximum atomic E-state index is 14.1. The van der Waals surface area contributed by atoms with Crippen molar-refractivity contribution in [2.24, 2.45) is 23.9 Å². The number of carbonyl (C=O) groups is 2. The molecule has 0 spiro atoms. The highest BCUT2D eigenvalue weighted by Crippen LogP contribution is 2.36. The number of hydrogen-bond donors (Lipinski definition) is 1. The van der Waals surface area contributed by atoms with Gasteiger partial charge in [0.05, 0.1) is 22.7 Å². The van der Waals surface area contributed by atoms with Gasteiger partial charge in [0.1, 0.15) is 0 Å². The molecule has 0 bridgehead atoms. The largest absolute Gasteiger partial charge is 0.350 e. The lowest BCUT2D eigenvalue weighted by atomic mass is 9.90. The van der Waals surface area contributed by atoms with Gasteiger partial charge in [-0.25, -0.2) is 4.90 Å². The highest BCUT2D eigenvalue weighted by molar-refractivity contribution is 6.42. The number of aromatic nitrogens is 1. The van der Waals surface area contributed by atoms with Crippen LogP contribution < -0.4 is 15.8 Å². The summed E-state index contributed by atoms with van der Waals surface area (Å²) in [6.45, 7) is 1.82. The molecule has 2 fully saturated rings. The number of fused-ring (bicyclic) bond motifs is 2. The van der Waals surface area contributed by atoms with Crippen LogP contribution in [0.25, 0.3) is 28.2 Å². The van der Waals surface area contributed by atoms with Gasteiger partial charge in [0.15, 0.2) is 0 Å². The number of nitrogens with one attached hydrogen (secondary N) is 1. The number of benzene rings is 2. The number of rotatable bonds is 4. The fourth-order valence-electron chi connectivity index (χ4n) is 5.91. The van der Waals surface area contributed by atoms with E-state index in [-0.39, 0.29) is 17.7 Å². The highest BCUT2D eigenvalue weighted by Gasteiger charge is 2.41. The molecule has 0 atom stereocenters. The summed E-state index contributed by atoms with van der Waals surface area (Å²) >= 11 is 0. The molecule has 3 aliphatic heterocycles. The van der Waals surface area contributed by atoms with Gasteiger partial charge in [0.2, 0.25) is 0 Å². The third kappa shape index (κ3) is 3.32. The van der Waals surface area contributed by atoms with Crippen molar-refractivity contribution in [3.63, 3.8) is 0 Å². The minimum atomic E-state index is -0.284. The van der Waals surface area contributed by atoms with Gasteiger partial charge in [-0.1, -0.05) is 36.4 Å². The number of amides is 2. The first-order valence-corrected chi connectivity index (χ1v) is 12.9. The Kier molecular flexibility index (Phi) is 4.86. The van der Waals surface area contributed by atoms with Crippen LogP contribution in [0, 0.1) is 11.8 Å². The fraction of sp³-hybridized carbons (Fsp3) is 0.300. The van der Waals surface area contributed by atoms with Gasteiger partial charge in [0.25, 0.3) is 11.8 Å². The fourth-order valence-corrected chi connectivity index (χ4v) is 5.91. The SMILES string of the molecule is Cn1cc(C2=CC(=O)N(C3=c4c(cccc4=CC4CC4)N=C3C3CCNCC3)C2=O)c2ccccc21. The quantitative estimate of drug-likeness (QED) is 0.589. The van der Waals surface area contributed by atoms with Gasteiger partial charge in [-0.3, -0.25) is 14.6 Å². The standard InChI is InChI=1S/C30H28N4O2/c1-33-17-23(21-6-2-3-8-25(21)33)22-16-26(35)34(30(22)36)29-27-20(15-18-9-10-18)5-4-7-24(27)32-28(29)19-11-13-31-14-12-19/h2-8,15-19,31H,9-14H2,1H3. The summed E-state index contributed by atoms with van der Waals surface area (Å²) in [6.07, 6.45) is 10.0. The van der Waals surface area contributed by atoms with Crippen molar-refractivity contribution in [3.05, 3.63) is 70.7 Å². The number of piperidine rings is 1. The summed E-state index contributed by atoms with van der Waals surface area (Å²) in [6, 6.07) is 14.1. The van der Waals surface area contributed by atoms with Crippen molar-refractivity contribution in [1.29, 1.82) is 0 Å². The van der Waals surface area contributed by atoms with E-state index >= 15 is 0 Å². The molecule has 6 nitrogen and oxygen atoms in total.